The van der Waals surface area contributed by atoms with E-state index in [0.717, 1.165) is 32.3 Å². The fraction of sp³-hybridized carbons (Fsp3) is 0.200. The molecule has 3 atom stereocenters. The highest BCUT2D eigenvalue weighted by Gasteiger charge is 2.36. The van der Waals surface area contributed by atoms with Gasteiger partial charge in [0.15, 0.2) is 17.0 Å². The number of nitrogens with zero attached hydrogens (tertiary/aromatic N) is 3. The van der Waals surface area contributed by atoms with E-state index in [1.165, 1.54) is 4.57 Å². The van der Waals surface area contributed by atoms with E-state index < -0.39 is 24.0 Å². The third kappa shape index (κ3) is 4.05. The van der Waals surface area contributed by atoms with Gasteiger partial charge in [0.2, 0.25) is 5.95 Å². The molecule has 0 aliphatic carbocycles. The molecule has 1 aliphatic heterocycles. The molecule has 7 rings (SSSR count). The fourth-order valence-corrected chi connectivity index (χ4v) is 5.68. The number of hydrogen-bond donors (Lipinski definition) is 5. The molecule has 6 aromatic rings. The summed E-state index contributed by atoms with van der Waals surface area (Å²) in [6.45, 7) is -0.375. The second-order valence-electron chi connectivity index (χ2n) is 10.00. The van der Waals surface area contributed by atoms with Gasteiger partial charge in [-0.2, -0.15) is 4.98 Å². The summed E-state index contributed by atoms with van der Waals surface area (Å²) in [5.74, 6) is 5.55. The number of hydrogen-bond acceptors (Lipinski definition) is 8. The lowest BCUT2D eigenvalue weighted by Crippen LogP contribution is -2.24. The average molecular weight is 549 g/mol. The summed E-state index contributed by atoms with van der Waals surface area (Å²) in [7, 11) is 0. The van der Waals surface area contributed by atoms with E-state index in [0.29, 0.717) is 5.56 Å². The van der Waals surface area contributed by atoms with Crippen LogP contribution in [0.2, 0.25) is 0 Å². The maximum Gasteiger partial charge on any atom is 0.280 e. The summed E-state index contributed by atoms with van der Waals surface area (Å²) < 4.78 is 7.26. The van der Waals surface area contributed by atoms with Crippen LogP contribution in [0.4, 0.5) is 5.95 Å². The van der Waals surface area contributed by atoms with Gasteiger partial charge in [0, 0.05) is 12.0 Å². The first-order valence-corrected chi connectivity index (χ1v) is 13.1. The van der Waals surface area contributed by atoms with Gasteiger partial charge in [0.1, 0.15) is 12.3 Å². The summed E-state index contributed by atoms with van der Waals surface area (Å²) in [6, 6.07) is 18.1. The van der Waals surface area contributed by atoms with E-state index in [4.69, 9.17) is 10.5 Å². The minimum Gasteiger partial charge on any atom is -0.394 e. The maximum atomic E-state index is 13.3. The number of ether oxygens (including phenoxy) is 1. The molecule has 1 fully saturated rings. The van der Waals surface area contributed by atoms with Crippen LogP contribution in [-0.4, -0.2) is 61.0 Å². The molecule has 1 amide bonds. The number of nitrogens with one attached hydrogen (secondary N) is 2. The number of fused-ring (bicyclic) bond motifs is 1. The highest BCUT2D eigenvalue weighted by molar-refractivity contribution is 6.26. The Kier molecular flexibility index (Phi) is 5.83. The van der Waals surface area contributed by atoms with Gasteiger partial charge >= 0.3 is 0 Å². The lowest BCUT2D eigenvalue weighted by atomic mass is 9.92. The second-order valence-corrected chi connectivity index (χ2v) is 10.00. The van der Waals surface area contributed by atoms with Crippen LogP contribution in [0.3, 0.4) is 0 Å². The molecule has 1 aliphatic rings. The number of amides is 1. The molecule has 0 radical (unpaired) electrons. The molecule has 41 heavy (non-hydrogen) atoms. The Hall–Kier alpha value is -5.02. The zero-order valence-electron chi connectivity index (χ0n) is 21.6. The lowest BCUT2D eigenvalue weighted by molar-refractivity contribution is -0.0434. The molecular weight excluding hydrogens is 524 g/mol. The lowest BCUT2D eigenvalue weighted by Gasteiger charge is -2.15. The molecule has 4 aromatic carbocycles. The quantitative estimate of drug-likeness (QED) is 0.165. The summed E-state index contributed by atoms with van der Waals surface area (Å²) in [6.07, 6.45) is -2.38. The van der Waals surface area contributed by atoms with Crippen LogP contribution in [0, 0.1) is 11.8 Å². The summed E-state index contributed by atoms with van der Waals surface area (Å²) >= 11 is 0. The zero-order valence-corrected chi connectivity index (χ0v) is 21.6. The number of H-pyrrole nitrogens is 1. The van der Waals surface area contributed by atoms with Crippen LogP contribution in [-0.2, 0) is 4.74 Å². The molecule has 204 valence electrons. The van der Waals surface area contributed by atoms with Gasteiger partial charge in [-0.15, -0.1) is 0 Å². The normalized spacial score (nSPS) is 18.8. The van der Waals surface area contributed by atoms with Gasteiger partial charge in [-0.3, -0.25) is 19.1 Å². The molecule has 11 nitrogen and oxygen atoms in total. The monoisotopic (exact) mass is 548 g/mol. The van der Waals surface area contributed by atoms with E-state index in [9.17, 15) is 19.8 Å². The van der Waals surface area contributed by atoms with E-state index in [1.807, 2.05) is 30.3 Å². The predicted octanol–water partition coefficient (Wildman–Crippen LogP) is 2.02. The van der Waals surface area contributed by atoms with Crippen LogP contribution < -0.4 is 16.6 Å². The highest BCUT2D eigenvalue weighted by atomic mass is 16.5. The Morgan fingerprint density at radius 2 is 1.83 bits per heavy atom. The number of nitrogen functional groups attached to an aromatic ring is 1. The molecular formula is C30H24N6O5. The van der Waals surface area contributed by atoms with Crippen LogP contribution in [0.25, 0.3) is 43.5 Å². The van der Waals surface area contributed by atoms with Crippen LogP contribution >= 0.6 is 0 Å². The summed E-state index contributed by atoms with van der Waals surface area (Å²) in [5.41, 5.74) is 5.90. The second kappa shape index (κ2) is 9.57. The number of aliphatic hydroxyl groups excluding tert-OH is 2. The third-order valence-electron chi connectivity index (χ3n) is 7.55. The number of imidazole rings is 1. The van der Waals surface area contributed by atoms with Crippen molar-refractivity contribution in [2.45, 2.75) is 24.9 Å². The van der Waals surface area contributed by atoms with Crippen molar-refractivity contribution in [1.82, 2.24) is 24.8 Å². The van der Waals surface area contributed by atoms with E-state index in [1.54, 1.807) is 0 Å². The summed E-state index contributed by atoms with van der Waals surface area (Å²) in [5, 5.41) is 29.0. The first-order chi connectivity index (χ1) is 19.9. The smallest absolute Gasteiger partial charge is 0.280 e. The highest BCUT2D eigenvalue weighted by Crippen LogP contribution is 2.36. The Labute approximate surface area is 231 Å². The van der Waals surface area contributed by atoms with E-state index in [2.05, 4.69) is 56.4 Å². The van der Waals surface area contributed by atoms with Crippen LogP contribution in [0.1, 0.15) is 28.8 Å². The van der Waals surface area contributed by atoms with E-state index >= 15 is 0 Å². The Balaban J connectivity index is 1.20. The number of aliphatic hydroxyl groups is 2. The largest absolute Gasteiger partial charge is 0.394 e. The van der Waals surface area contributed by atoms with Crippen molar-refractivity contribution in [1.29, 1.82) is 0 Å². The van der Waals surface area contributed by atoms with Crippen molar-refractivity contribution >= 4 is 55.3 Å². The van der Waals surface area contributed by atoms with Crippen molar-refractivity contribution in [2.75, 3.05) is 18.9 Å². The van der Waals surface area contributed by atoms with Gasteiger partial charge in [0.05, 0.1) is 19.3 Å². The van der Waals surface area contributed by atoms with Gasteiger partial charge < -0.3 is 26.0 Å². The molecule has 0 bridgehead atoms. The number of benzene rings is 4. The Morgan fingerprint density at radius 1 is 1.10 bits per heavy atom. The molecule has 0 saturated carbocycles. The van der Waals surface area contributed by atoms with Crippen LogP contribution in [0.15, 0.2) is 59.4 Å². The molecule has 0 spiro atoms. The minimum atomic E-state index is -0.924. The number of rotatable bonds is 4. The molecule has 1 saturated heterocycles. The number of aromatic nitrogens is 4. The van der Waals surface area contributed by atoms with E-state index in [-0.39, 0.29) is 48.4 Å². The predicted molar refractivity (Wildman–Crippen MR) is 154 cm³/mol. The zero-order chi connectivity index (χ0) is 28.2. The number of nitrogens with two attached hydrogens (primary N) is 1. The van der Waals surface area contributed by atoms with Crippen molar-refractivity contribution in [2.24, 2.45) is 0 Å². The number of carbonyl (C=O) groups is 1. The average Bonchev–Trinajstić information content (AvgIpc) is 3.53. The fourth-order valence-electron chi connectivity index (χ4n) is 5.68. The van der Waals surface area contributed by atoms with Crippen molar-refractivity contribution < 1.29 is 19.7 Å². The maximum absolute atomic E-state index is 13.3. The molecule has 2 aromatic heterocycles. The first kappa shape index (κ1) is 25.0. The SMILES string of the molecule is Nc1nc2c(nc(C#CCNC(=O)c3ccc4ccc5cccc6ccc3c4c56)n2[C@H]2C[C@H](O)[C@@H](CO)O2)c(=O)[nH]1. The number of carbonyl (C=O) groups excluding carboxylic acids is 1. The number of aromatic amines is 1. The first-order valence-electron chi connectivity index (χ1n) is 13.1. The molecule has 11 heteroatoms. The van der Waals surface area contributed by atoms with Gasteiger partial charge in [-0.05, 0) is 44.3 Å². The van der Waals surface area contributed by atoms with Gasteiger partial charge in [-0.25, -0.2) is 4.98 Å². The minimum absolute atomic E-state index is 0.00333. The molecule has 6 N–H and O–H groups in total. The summed E-state index contributed by atoms with van der Waals surface area (Å²) in [4.78, 5) is 36.7. The Morgan fingerprint density at radius 3 is 2.59 bits per heavy atom. The molecule has 0 unspecified atom stereocenters. The van der Waals surface area contributed by atoms with Crippen molar-refractivity contribution in [3.63, 3.8) is 0 Å². The standard InChI is InChI=1S/C30H24N6O5/c31-30-34-27-26(29(40)35-30)33-22(36(27)23-13-20(38)21(14-37)41-23)5-2-12-32-28(39)19-11-9-17-7-6-15-3-1-4-16-8-10-18(19)25(17)24(15)16/h1,3-4,6-11,20-21,23,37-38H,12-14H2,(H,32,39)(H3,31,34,35,40)/t20-,21+,23+/m0/s1. The van der Waals surface area contributed by atoms with Gasteiger partial charge in [-0.1, -0.05) is 54.5 Å². The van der Waals surface area contributed by atoms with Gasteiger partial charge in [0.25, 0.3) is 11.5 Å². The van der Waals surface area contributed by atoms with Crippen molar-refractivity contribution in [3.8, 4) is 11.8 Å². The van der Waals surface area contributed by atoms with Crippen LogP contribution in [0.5, 0.6) is 0 Å². The third-order valence-corrected chi connectivity index (χ3v) is 7.55. The Bertz CT molecular complexity index is 2090. The number of anilines is 1. The molecule has 3 heterocycles. The van der Waals surface area contributed by atoms with Crippen molar-refractivity contribution in [3.05, 3.63) is 76.3 Å². The topological polar surface area (TPSA) is 168 Å².